The van der Waals surface area contributed by atoms with Crippen LogP contribution in [-0.2, 0) is 0 Å². The highest BCUT2D eigenvalue weighted by Gasteiger charge is 2.21. The van der Waals surface area contributed by atoms with E-state index in [4.69, 9.17) is 24.9 Å². The largest absolute Gasteiger partial charge is 0.309 e. The van der Waals surface area contributed by atoms with Crippen LogP contribution in [0.5, 0.6) is 0 Å². The van der Waals surface area contributed by atoms with Gasteiger partial charge in [-0.1, -0.05) is 176 Å². The predicted octanol–water partition coefficient (Wildman–Crippen LogP) is 13.7. The lowest BCUT2D eigenvalue weighted by Gasteiger charge is -2.17. The van der Waals surface area contributed by atoms with E-state index in [0.29, 0.717) is 23.3 Å². The van der Waals surface area contributed by atoms with Crippen LogP contribution in [0.1, 0.15) is 5.56 Å². The zero-order valence-corrected chi connectivity index (χ0v) is 33.9. The van der Waals surface area contributed by atoms with Crippen LogP contribution in [0.15, 0.2) is 212 Å². The van der Waals surface area contributed by atoms with Gasteiger partial charge in [0.15, 0.2) is 23.3 Å². The van der Waals surface area contributed by atoms with E-state index in [1.54, 1.807) is 0 Å². The number of para-hydroxylation sites is 1. The van der Waals surface area contributed by atoms with Gasteiger partial charge in [0.25, 0.3) is 0 Å². The van der Waals surface area contributed by atoms with Crippen molar-refractivity contribution in [2.45, 2.75) is 6.92 Å². The number of hydrogen-bond donors (Lipinski definition) is 0. The van der Waals surface area contributed by atoms with Crippen LogP contribution >= 0.6 is 0 Å². The van der Waals surface area contributed by atoms with Crippen molar-refractivity contribution in [1.82, 2.24) is 29.5 Å². The second kappa shape index (κ2) is 15.7. The first-order chi connectivity index (χ1) is 30.6. The molecule has 8 aromatic carbocycles. The minimum Gasteiger partial charge on any atom is -0.309 e. The highest BCUT2D eigenvalue weighted by atomic mass is 15.0. The maximum atomic E-state index is 5.39. The van der Waals surface area contributed by atoms with Crippen LogP contribution in [-0.4, -0.2) is 29.5 Å². The Morgan fingerprint density at radius 1 is 0.306 bits per heavy atom. The van der Waals surface area contributed by atoms with Crippen LogP contribution in [0.2, 0.25) is 0 Å². The fourth-order valence-electron chi connectivity index (χ4n) is 8.37. The molecule has 0 aliphatic carbocycles. The molecule has 0 fully saturated rings. The first kappa shape index (κ1) is 36.7. The van der Waals surface area contributed by atoms with Crippen LogP contribution in [0.3, 0.4) is 0 Å². The standard InChI is InChI=1S/C56H38N6/c1-37-18-14-15-27-44(37)42-30-32-46-45-28-16-17-29-50(45)62(52(46)35-42)51-33-31-43(56-60-54(40-23-10-4-11-24-40)59-55(61-56)41-25-12-5-13-26-41)34-47(51)49-36-48(38-19-6-2-7-20-38)57-53(58-49)39-21-8-3-9-22-39/h2-36H,1H3. The average Bonchev–Trinajstić information content (AvgIpc) is 3.68. The molecule has 0 atom stereocenters. The summed E-state index contributed by atoms with van der Waals surface area (Å²) in [5.41, 5.74) is 13.9. The summed E-state index contributed by atoms with van der Waals surface area (Å²) in [5.74, 6) is 2.41. The topological polar surface area (TPSA) is 69.4 Å². The first-order valence-corrected chi connectivity index (χ1v) is 20.8. The Hall–Kier alpha value is -8.35. The lowest BCUT2D eigenvalue weighted by Crippen LogP contribution is -2.03. The zero-order chi connectivity index (χ0) is 41.4. The monoisotopic (exact) mass is 794 g/mol. The molecule has 0 aliphatic rings. The van der Waals surface area contributed by atoms with E-state index in [2.05, 4.69) is 127 Å². The number of benzene rings is 8. The number of aryl methyl sites for hydroxylation is 1. The van der Waals surface area contributed by atoms with Crippen LogP contribution in [0.4, 0.5) is 0 Å². The molecule has 11 rings (SSSR count). The molecule has 0 bridgehead atoms. The second-order valence-corrected chi connectivity index (χ2v) is 15.4. The molecule has 0 saturated carbocycles. The van der Waals surface area contributed by atoms with Crippen LogP contribution in [0, 0.1) is 6.92 Å². The SMILES string of the molecule is Cc1ccccc1-c1ccc2c3ccccc3n(-c3ccc(-c4nc(-c5ccccc5)nc(-c5ccccc5)n4)cc3-c3cc(-c4ccccc4)nc(-c4ccccc4)n3)c2c1. The van der Waals surface area contributed by atoms with Crippen molar-refractivity contribution in [1.29, 1.82) is 0 Å². The van der Waals surface area contributed by atoms with Gasteiger partial charge >= 0.3 is 0 Å². The van der Waals surface area contributed by atoms with Crippen molar-refractivity contribution in [2.75, 3.05) is 0 Å². The number of fused-ring (bicyclic) bond motifs is 3. The van der Waals surface area contributed by atoms with Gasteiger partial charge in [-0.25, -0.2) is 24.9 Å². The Morgan fingerprint density at radius 2 is 0.790 bits per heavy atom. The van der Waals surface area contributed by atoms with E-state index >= 15 is 0 Å². The minimum absolute atomic E-state index is 0.565. The van der Waals surface area contributed by atoms with E-state index in [1.807, 2.05) is 97.1 Å². The van der Waals surface area contributed by atoms with Crippen molar-refractivity contribution in [3.8, 4) is 84.9 Å². The third-order valence-corrected chi connectivity index (χ3v) is 11.4. The molecular formula is C56H38N6. The van der Waals surface area contributed by atoms with Gasteiger partial charge in [-0.2, -0.15) is 0 Å². The molecule has 0 radical (unpaired) electrons. The summed E-state index contributed by atoms with van der Waals surface area (Å²) in [6.07, 6.45) is 0. The Bertz CT molecular complexity index is 3280. The van der Waals surface area contributed by atoms with E-state index in [9.17, 15) is 0 Å². The molecule has 62 heavy (non-hydrogen) atoms. The summed E-state index contributed by atoms with van der Waals surface area (Å²) in [4.78, 5) is 25.8. The third-order valence-electron chi connectivity index (χ3n) is 11.4. The molecule has 6 heteroatoms. The third kappa shape index (κ3) is 6.79. The van der Waals surface area contributed by atoms with Crippen molar-refractivity contribution in [3.05, 3.63) is 218 Å². The Morgan fingerprint density at radius 3 is 1.42 bits per heavy atom. The quantitative estimate of drug-likeness (QED) is 0.153. The molecule has 0 saturated heterocycles. The zero-order valence-electron chi connectivity index (χ0n) is 33.9. The van der Waals surface area contributed by atoms with Gasteiger partial charge < -0.3 is 4.57 Å². The molecule has 3 aromatic heterocycles. The molecule has 6 nitrogen and oxygen atoms in total. The Labute approximate surface area is 359 Å². The van der Waals surface area contributed by atoms with Crippen LogP contribution < -0.4 is 0 Å². The van der Waals surface area contributed by atoms with Gasteiger partial charge in [-0.3, -0.25) is 0 Å². The summed E-state index contributed by atoms with van der Waals surface area (Å²) in [7, 11) is 0. The first-order valence-electron chi connectivity index (χ1n) is 20.8. The maximum Gasteiger partial charge on any atom is 0.164 e. The lowest BCUT2D eigenvalue weighted by atomic mass is 9.99. The molecule has 0 aliphatic heterocycles. The second-order valence-electron chi connectivity index (χ2n) is 15.4. The summed E-state index contributed by atoms with van der Waals surface area (Å²) < 4.78 is 2.39. The summed E-state index contributed by atoms with van der Waals surface area (Å²) >= 11 is 0. The van der Waals surface area contributed by atoms with Gasteiger partial charge in [0, 0.05) is 44.2 Å². The minimum atomic E-state index is 0.565. The van der Waals surface area contributed by atoms with Crippen molar-refractivity contribution < 1.29 is 0 Å². The van der Waals surface area contributed by atoms with Crippen LogP contribution in [0.25, 0.3) is 107 Å². The van der Waals surface area contributed by atoms with E-state index in [1.165, 1.54) is 21.9 Å². The number of rotatable bonds is 8. The lowest BCUT2D eigenvalue weighted by molar-refractivity contribution is 1.07. The normalized spacial score (nSPS) is 11.3. The molecular weight excluding hydrogens is 757 g/mol. The Balaban J connectivity index is 1.21. The van der Waals surface area contributed by atoms with Crippen molar-refractivity contribution in [3.63, 3.8) is 0 Å². The highest BCUT2D eigenvalue weighted by Crippen LogP contribution is 2.40. The smallest absolute Gasteiger partial charge is 0.164 e. The average molecular weight is 795 g/mol. The van der Waals surface area contributed by atoms with E-state index in [-0.39, 0.29) is 0 Å². The van der Waals surface area contributed by atoms with Crippen molar-refractivity contribution >= 4 is 21.8 Å². The molecule has 0 N–H and O–H groups in total. The summed E-state index contributed by atoms with van der Waals surface area (Å²) in [6.45, 7) is 2.17. The number of aromatic nitrogens is 6. The molecule has 0 spiro atoms. The van der Waals surface area contributed by atoms with Gasteiger partial charge in [0.05, 0.1) is 28.1 Å². The van der Waals surface area contributed by atoms with Crippen molar-refractivity contribution in [2.24, 2.45) is 0 Å². The van der Waals surface area contributed by atoms with Gasteiger partial charge in [0.1, 0.15) is 0 Å². The fourth-order valence-corrected chi connectivity index (χ4v) is 8.37. The number of nitrogens with zero attached hydrogens (tertiary/aromatic N) is 6. The predicted molar refractivity (Wildman–Crippen MR) is 253 cm³/mol. The fraction of sp³-hybridized carbons (Fsp3) is 0.0179. The molecule has 292 valence electrons. The van der Waals surface area contributed by atoms with E-state index < -0.39 is 0 Å². The number of hydrogen-bond acceptors (Lipinski definition) is 5. The molecule has 0 unspecified atom stereocenters. The maximum absolute atomic E-state index is 5.39. The molecule has 0 amide bonds. The Kier molecular flexibility index (Phi) is 9.28. The highest BCUT2D eigenvalue weighted by molar-refractivity contribution is 6.11. The van der Waals surface area contributed by atoms with Gasteiger partial charge in [-0.05, 0) is 60.0 Å². The van der Waals surface area contributed by atoms with E-state index in [0.717, 1.165) is 67.1 Å². The van der Waals surface area contributed by atoms with Gasteiger partial charge in [0.2, 0.25) is 0 Å². The molecule has 3 heterocycles. The molecule has 11 aromatic rings. The summed E-state index contributed by atoms with van der Waals surface area (Å²) in [5, 5.41) is 2.34. The van der Waals surface area contributed by atoms with Gasteiger partial charge in [-0.15, -0.1) is 0 Å². The summed E-state index contributed by atoms with van der Waals surface area (Å²) in [6, 6.07) is 73.3.